The molecule has 0 radical (unpaired) electrons. The van der Waals surface area contributed by atoms with Gasteiger partial charge in [0, 0.05) is 11.3 Å². The Morgan fingerprint density at radius 2 is 1.95 bits per heavy atom. The standard InChI is InChI=1S/C21H19N/c1-5-15(4)12-19-13-18(9-8-16(19)6-2)21-11-10-20(22)14-17(21)7-3/h3,5-6,8-11,13-14H,1-2,4,12,22H2. The van der Waals surface area contributed by atoms with E-state index in [-0.39, 0.29) is 0 Å². The Bertz CT molecular complexity index is 788. The highest BCUT2D eigenvalue weighted by Gasteiger charge is 2.08. The highest BCUT2D eigenvalue weighted by Crippen LogP contribution is 2.28. The summed E-state index contributed by atoms with van der Waals surface area (Å²) in [6, 6.07) is 11.9. The molecule has 22 heavy (non-hydrogen) atoms. The SMILES string of the molecule is C#Cc1cc(N)ccc1-c1ccc(C=C)c(CC(=C)C=C)c1. The van der Waals surface area contributed by atoms with Gasteiger partial charge in [0.15, 0.2) is 0 Å². The molecule has 2 aromatic rings. The molecule has 0 unspecified atom stereocenters. The van der Waals surface area contributed by atoms with Gasteiger partial charge in [-0.3, -0.25) is 0 Å². The van der Waals surface area contributed by atoms with Crippen LogP contribution < -0.4 is 5.73 Å². The molecule has 0 aliphatic heterocycles. The van der Waals surface area contributed by atoms with Crippen LogP contribution in [-0.2, 0) is 6.42 Å². The summed E-state index contributed by atoms with van der Waals surface area (Å²) >= 11 is 0. The van der Waals surface area contributed by atoms with Gasteiger partial charge in [-0.15, -0.1) is 6.42 Å². The Kier molecular flexibility index (Phi) is 4.66. The molecule has 0 spiro atoms. The Balaban J connectivity index is 2.56. The molecule has 2 N–H and O–H groups in total. The van der Waals surface area contributed by atoms with E-state index < -0.39 is 0 Å². The number of rotatable bonds is 5. The van der Waals surface area contributed by atoms with Crippen LogP contribution in [0.2, 0.25) is 0 Å². The van der Waals surface area contributed by atoms with Gasteiger partial charge >= 0.3 is 0 Å². The van der Waals surface area contributed by atoms with Crippen molar-refractivity contribution in [2.45, 2.75) is 6.42 Å². The van der Waals surface area contributed by atoms with Crippen molar-refractivity contribution in [3.05, 3.63) is 84.5 Å². The summed E-state index contributed by atoms with van der Waals surface area (Å²) in [5.74, 6) is 2.70. The van der Waals surface area contributed by atoms with Gasteiger partial charge in [-0.2, -0.15) is 0 Å². The Morgan fingerprint density at radius 3 is 2.59 bits per heavy atom. The highest BCUT2D eigenvalue weighted by atomic mass is 14.5. The number of nitrogens with two attached hydrogens (primary N) is 1. The first-order valence-corrected chi connectivity index (χ1v) is 7.01. The molecule has 0 heterocycles. The zero-order valence-corrected chi connectivity index (χ0v) is 12.6. The minimum Gasteiger partial charge on any atom is -0.399 e. The van der Waals surface area contributed by atoms with Crippen LogP contribution in [0.25, 0.3) is 17.2 Å². The third kappa shape index (κ3) is 3.19. The van der Waals surface area contributed by atoms with Crippen molar-refractivity contribution in [1.82, 2.24) is 0 Å². The minimum absolute atomic E-state index is 0.666. The summed E-state index contributed by atoms with van der Waals surface area (Å²) in [5.41, 5.74) is 12.5. The van der Waals surface area contributed by atoms with Gasteiger partial charge < -0.3 is 5.73 Å². The first-order valence-electron chi connectivity index (χ1n) is 7.01. The lowest BCUT2D eigenvalue weighted by molar-refractivity contribution is 1.20. The third-order valence-corrected chi connectivity index (χ3v) is 3.58. The average Bonchev–Trinajstić information content (AvgIpc) is 2.54. The monoisotopic (exact) mass is 285 g/mol. The van der Waals surface area contributed by atoms with Gasteiger partial charge in [-0.25, -0.2) is 0 Å². The molecule has 0 saturated carbocycles. The van der Waals surface area contributed by atoms with Gasteiger partial charge in [0.25, 0.3) is 0 Å². The second kappa shape index (κ2) is 6.65. The fraction of sp³-hybridized carbons (Fsp3) is 0.0476. The van der Waals surface area contributed by atoms with E-state index in [1.807, 2.05) is 36.4 Å². The molecule has 1 nitrogen and oxygen atoms in total. The number of benzene rings is 2. The van der Waals surface area contributed by atoms with Crippen LogP contribution in [-0.4, -0.2) is 0 Å². The van der Waals surface area contributed by atoms with Gasteiger partial charge in [-0.05, 0) is 40.8 Å². The Morgan fingerprint density at radius 1 is 1.18 bits per heavy atom. The molecular formula is C21H19N. The summed E-state index contributed by atoms with van der Waals surface area (Å²) in [7, 11) is 0. The van der Waals surface area contributed by atoms with E-state index in [1.54, 1.807) is 6.08 Å². The lowest BCUT2D eigenvalue weighted by atomic mass is 9.93. The quantitative estimate of drug-likeness (QED) is 0.474. The van der Waals surface area contributed by atoms with E-state index in [4.69, 9.17) is 12.2 Å². The van der Waals surface area contributed by atoms with Crippen LogP contribution in [0, 0.1) is 12.3 Å². The zero-order chi connectivity index (χ0) is 16.1. The molecule has 0 aliphatic carbocycles. The molecule has 2 rings (SSSR count). The number of nitrogen functional groups attached to an aromatic ring is 1. The third-order valence-electron chi connectivity index (χ3n) is 3.58. The van der Waals surface area contributed by atoms with Crippen molar-refractivity contribution in [2.75, 3.05) is 5.73 Å². The molecule has 0 aliphatic rings. The van der Waals surface area contributed by atoms with Gasteiger partial charge in [0.05, 0.1) is 0 Å². The van der Waals surface area contributed by atoms with Crippen molar-refractivity contribution in [2.24, 2.45) is 0 Å². The molecule has 108 valence electrons. The summed E-state index contributed by atoms with van der Waals surface area (Å²) in [5, 5.41) is 0. The summed E-state index contributed by atoms with van der Waals surface area (Å²) in [4.78, 5) is 0. The molecule has 1 heteroatoms. The maximum absolute atomic E-state index is 5.81. The lowest BCUT2D eigenvalue weighted by Crippen LogP contribution is -1.94. The predicted octanol–water partition coefficient (Wildman–Crippen LogP) is 4.84. The second-order valence-electron chi connectivity index (χ2n) is 5.11. The van der Waals surface area contributed by atoms with E-state index in [0.717, 1.165) is 39.8 Å². The van der Waals surface area contributed by atoms with Crippen molar-refractivity contribution >= 4 is 11.8 Å². The van der Waals surface area contributed by atoms with Crippen LogP contribution in [0.3, 0.4) is 0 Å². The number of anilines is 1. The number of allylic oxidation sites excluding steroid dienone is 2. The lowest BCUT2D eigenvalue weighted by Gasteiger charge is -2.12. The van der Waals surface area contributed by atoms with Crippen molar-refractivity contribution in [3.8, 4) is 23.5 Å². The molecular weight excluding hydrogens is 266 g/mol. The van der Waals surface area contributed by atoms with Crippen LogP contribution >= 0.6 is 0 Å². The fourth-order valence-electron chi connectivity index (χ4n) is 2.38. The Labute approximate surface area is 132 Å². The predicted molar refractivity (Wildman–Crippen MR) is 97.4 cm³/mol. The van der Waals surface area contributed by atoms with E-state index in [2.05, 4.69) is 31.7 Å². The van der Waals surface area contributed by atoms with E-state index >= 15 is 0 Å². The van der Waals surface area contributed by atoms with Crippen molar-refractivity contribution in [1.29, 1.82) is 0 Å². The number of hydrogen-bond acceptors (Lipinski definition) is 1. The molecule has 0 saturated heterocycles. The smallest absolute Gasteiger partial charge is 0.0341 e. The van der Waals surface area contributed by atoms with Crippen LogP contribution in [0.1, 0.15) is 16.7 Å². The summed E-state index contributed by atoms with van der Waals surface area (Å²) in [6.07, 6.45) is 9.96. The molecule has 0 atom stereocenters. The normalized spacial score (nSPS) is 9.77. The first-order chi connectivity index (χ1) is 10.6. The summed E-state index contributed by atoms with van der Waals surface area (Å²) < 4.78 is 0. The van der Waals surface area contributed by atoms with Crippen molar-refractivity contribution in [3.63, 3.8) is 0 Å². The van der Waals surface area contributed by atoms with E-state index in [9.17, 15) is 0 Å². The average molecular weight is 285 g/mol. The number of hydrogen-bond donors (Lipinski definition) is 1. The van der Waals surface area contributed by atoms with Crippen molar-refractivity contribution < 1.29 is 0 Å². The van der Waals surface area contributed by atoms with Crippen LogP contribution in [0.4, 0.5) is 5.69 Å². The van der Waals surface area contributed by atoms with Crippen LogP contribution in [0.5, 0.6) is 0 Å². The summed E-state index contributed by atoms with van der Waals surface area (Å²) in [6.45, 7) is 11.6. The van der Waals surface area contributed by atoms with E-state index in [1.165, 1.54) is 0 Å². The van der Waals surface area contributed by atoms with Gasteiger partial charge in [0.2, 0.25) is 0 Å². The largest absolute Gasteiger partial charge is 0.399 e. The van der Waals surface area contributed by atoms with Gasteiger partial charge in [0.1, 0.15) is 0 Å². The molecule has 0 amide bonds. The number of terminal acetylenes is 1. The highest BCUT2D eigenvalue weighted by molar-refractivity contribution is 5.75. The topological polar surface area (TPSA) is 26.0 Å². The molecule has 0 aromatic heterocycles. The van der Waals surface area contributed by atoms with Crippen LogP contribution in [0.15, 0.2) is 67.8 Å². The Hall–Kier alpha value is -2.98. The van der Waals surface area contributed by atoms with E-state index in [0.29, 0.717) is 5.69 Å². The maximum atomic E-state index is 5.81. The zero-order valence-electron chi connectivity index (χ0n) is 12.6. The molecule has 0 bridgehead atoms. The first kappa shape index (κ1) is 15.4. The minimum atomic E-state index is 0.666. The second-order valence-corrected chi connectivity index (χ2v) is 5.11. The fourth-order valence-corrected chi connectivity index (χ4v) is 2.38. The molecule has 0 fully saturated rings. The molecule has 2 aromatic carbocycles. The maximum Gasteiger partial charge on any atom is 0.0341 e. The van der Waals surface area contributed by atoms with Gasteiger partial charge in [-0.1, -0.05) is 67.6 Å².